The Labute approximate surface area is 481 Å². The van der Waals surface area contributed by atoms with E-state index in [0.717, 1.165) is 38.5 Å². The summed E-state index contributed by atoms with van der Waals surface area (Å²) in [6.45, 7) is 4.94. The van der Waals surface area contributed by atoms with Gasteiger partial charge in [0.2, 0.25) is 5.91 Å². The van der Waals surface area contributed by atoms with Crippen LogP contribution >= 0.6 is 0 Å². The van der Waals surface area contributed by atoms with E-state index in [1.54, 1.807) is 6.08 Å². The van der Waals surface area contributed by atoms with E-state index >= 15 is 0 Å². The fourth-order valence-electron chi connectivity index (χ4n) is 11.1. The number of allylic oxidation sites excluding steroid dienone is 3. The molecule has 0 aromatic heterocycles. The molecule has 0 rings (SSSR count). The van der Waals surface area contributed by atoms with Crippen LogP contribution < -0.4 is 5.32 Å². The number of rotatable bonds is 66. The number of ether oxygens (including phenoxy) is 1. The quantitative estimate of drug-likeness (QED) is 0.0320. The third kappa shape index (κ3) is 63.4. The van der Waals surface area contributed by atoms with Gasteiger partial charge >= 0.3 is 5.97 Å². The minimum atomic E-state index is -0.846. The fraction of sp³-hybridized carbons (Fsp3) is 0.915. The van der Waals surface area contributed by atoms with E-state index in [9.17, 15) is 19.8 Å². The molecule has 0 bridgehead atoms. The molecular weight excluding hydrogens is 947 g/mol. The van der Waals surface area contributed by atoms with Crippen molar-refractivity contribution in [3.8, 4) is 0 Å². The zero-order chi connectivity index (χ0) is 55.7. The van der Waals surface area contributed by atoms with Gasteiger partial charge in [-0.15, -0.1) is 0 Å². The van der Waals surface area contributed by atoms with Gasteiger partial charge in [-0.1, -0.05) is 346 Å². The number of aliphatic hydroxyl groups excluding tert-OH is 2. The molecule has 77 heavy (non-hydrogen) atoms. The van der Waals surface area contributed by atoms with Crippen molar-refractivity contribution >= 4 is 11.9 Å². The molecule has 0 radical (unpaired) electrons. The fourth-order valence-corrected chi connectivity index (χ4v) is 11.1. The van der Waals surface area contributed by atoms with Crippen molar-refractivity contribution in [1.29, 1.82) is 0 Å². The van der Waals surface area contributed by atoms with Gasteiger partial charge in [0, 0.05) is 12.8 Å². The lowest BCUT2D eigenvalue weighted by Gasteiger charge is -2.20. The maximum atomic E-state index is 12.5. The molecule has 0 aliphatic carbocycles. The maximum absolute atomic E-state index is 12.5. The molecule has 0 aliphatic rings. The van der Waals surface area contributed by atoms with Crippen LogP contribution in [0.5, 0.6) is 0 Å². The van der Waals surface area contributed by atoms with Gasteiger partial charge in [-0.3, -0.25) is 9.59 Å². The summed E-state index contributed by atoms with van der Waals surface area (Å²) >= 11 is 0. The number of esters is 1. The summed E-state index contributed by atoms with van der Waals surface area (Å²) in [5, 5.41) is 23.2. The van der Waals surface area contributed by atoms with Crippen LogP contribution in [0.2, 0.25) is 0 Å². The molecular formula is C71H137NO5. The molecule has 0 fully saturated rings. The Morgan fingerprint density at radius 3 is 0.922 bits per heavy atom. The van der Waals surface area contributed by atoms with Crippen LogP contribution in [0.4, 0.5) is 0 Å². The Kier molecular flexibility index (Phi) is 65.4. The molecule has 0 spiro atoms. The van der Waals surface area contributed by atoms with Crippen molar-refractivity contribution in [3.63, 3.8) is 0 Å². The van der Waals surface area contributed by atoms with E-state index in [4.69, 9.17) is 4.74 Å². The lowest BCUT2D eigenvalue weighted by molar-refractivity contribution is -0.143. The minimum Gasteiger partial charge on any atom is -0.466 e. The topological polar surface area (TPSA) is 95.9 Å². The number of aliphatic hydroxyl groups is 2. The van der Waals surface area contributed by atoms with Crippen LogP contribution in [0.1, 0.15) is 393 Å². The van der Waals surface area contributed by atoms with E-state index < -0.39 is 12.1 Å². The molecule has 2 unspecified atom stereocenters. The Morgan fingerprint density at radius 1 is 0.351 bits per heavy atom. The maximum Gasteiger partial charge on any atom is 0.305 e. The Balaban J connectivity index is 3.41. The first-order valence-electron chi connectivity index (χ1n) is 35.1. The number of hydrogen-bond donors (Lipinski definition) is 3. The molecule has 0 aromatic rings. The van der Waals surface area contributed by atoms with Gasteiger partial charge in [0.1, 0.15) is 0 Å². The lowest BCUT2D eigenvalue weighted by Crippen LogP contribution is -2.45. The van der Waals surface area contributed by atoms with Crippen LogP contribution in [-0.2, 0) is 14.3 Å². The van der Waals surface area contributed by atoms with E-state index in [2.05, 4.69) is 31.3 Å². The van der Waals surface area contributed by atoms with Crippen molar-refractivity contribution in [1.82, 2.24) is 5.32 Å². The third-order valence-electron chi connectivity index (χ3n) is 16.5. The summed E-state index contributed by atoms with van der Waals surface area (Å²) in [4.78, 5) is 24.6. The highest BCUT2D eigenvalue weighted by Crippen LogP contribution is 2.18. The van der Waals surface area contributed by atoms with E-state index in [1.165, 1.54) is 327 Å². The summed E-state index contributed by atoms with van der Waals surface area (Å²) in [5.74, 6) is -0.0480. The lowest BCUT2D eigenvalue weighted by atomic mass is 10.0. The van der Waals surface area contributed by atoms with Gasteiger partial charge < -0.3 is 20.3 Å². The summed E-state index contributed by atoms with van der Waals surface area (Å²) in [6, 6.07) is -0.629. The minimum absolute atomic E-state index is 0.0169. The van der Waals surface area contributed by atoms with Crippen LogP contribution in [0.3, 0.4) is 0 Å². The largest absolute Gasteiger partial charge is 0.466 e. The standard InChI is InChI=1S/C71H137NO5/c1-3-5-7-9-11-13-15-17-18-19-20-30-33-36-40-43-47-51-55-59-63-69(74)68(67-73)72-70(75)64-60-56-52-48-44-41-37-34-31-28-26-24-22-21-23-25-27-29-32-35-38-42-46-50-54-58-62-66-77-71(76)65-61-57-53-49-45-39-16-14-12-10-8-6-4-2/h21-22,59,63,68-69,73-74H,3-20,23-58,60-62,64-67H2,1-2H3,(H,72,75)/b22-21-,63-59+. The Morgan fingerprint density at radius 2 is 0.610 bits per heavy atom. The van der Waals surface area contributed by atoms with Crippen LogP contribution in [0.25, 0.3) is 0 Å². The highest BCUT2D eigenvalue weighted by molar-refractivity contribution is 5.76. The second-order valence-corrected chi connectivity index (χ2v) is 24.2. The predicted molar refractivity (Wildman–Crippen MR) is 338 cm³/mol. The number of carbonyl (C=O) groups excluding carboxylic acids is 2. The SMILES string of the molecule is CCCCCCCCCCCCCCCCCCCC/C=C/C(O)C(CO)NC(=O)CCCCCCCCCCCCC/C=C\CCCCCCCCCCCCCCOC(=O)CCCCCCCCCCCCCCC. The van der Waals surface area contributed by atoms with E-state index in [0.29, 0.717) is 19.4 Å². The van der Waals surface area contributed by atoms with Gasteiger partial charge in [0.05, 0.1) is 25.4 Å². The molecule has 6 nitrogen and oxygen atoms in total. The summed E-state index contributed by atoms with van der Waals surface area (Å²) in [6.07, 6.45) is 84.0. The number of amides is 1. The van der Waals surface area contributed by atoms with Gasteiger partial charge in [0.25, 0.3) is 0 Å². The average molecular weight is 1080 g/mol. The van der Waals surface area contributed by atoms with Crippen LogP contribution in [0.15, 0.2) is 24.3 Å². The first-order chi connectivity index (χ1) is 38.0. The zero-order valence-electron chi connectivity index (χ0n) is 52.2. The van der Waals surface area contributed by atoms with E-state index in [1.807, 2.05) is 6.08 Å². The Bertz CT molecular complexity index is 1200. The van der Waals surface area contributed by atoms with Crippen molar-refractivity contribution in [2.45, 2.75) is 405 Å². The van der Waals surface area contributed by atoms with Crippen LogP contribution in [-0.4, -0.2) is 47.4 Å². The number of hydrogen-bond acceptors (Lipinski definition) is 5. The molecule has 0 saturated carbocycles. The third-order valence-corrected chi connectivity index (χ3v) is 16.5. The summed E-state index contributed by atoms with van der Waals surface area (Å²) in [7, 11) is 0. The van der Waals surface area contributed by atoms with Gasteiger partial charge in [-0.2, -0.15) is 0 Å². The molecule has 0 heterocycles. The first-order valence-corrected chi connectivity index (χ1v) is 35.1. The number of carbonyl (C=O) groups is 2. The highest BCUT2D eigenvalue weighted by atomic mass is 16.5. The molecule has 3 N–H and O–H groups in total. The second-order valence-electron chi connectivity index (χ2n) is 24.2. The average Bonchev–Trinajstić information content (AvgIpc) is 3.43. The Hall–Kier alpha value is -1.66. The predicted octanol–water partition coefficient (Wildman–Crippen LogP) is 22.5. The van der Waals surface area contributed by atoms with Gasteiger partial charge in [0.15, 0.2) is 0 Å². The summed E-state index contributed by atoms with van der Waals surface area (Å²) < 4.78 is 5.49. The molecule has 0 saturated heterocycles. The number of nitrogens with one attached hydrogen (secondary N) is 1. The zero-order valence-corrected chi connectivity index (χ0v) is 52.2. The molecule has 0 aliphatic heterocycles. The van der Waals surface area contributed by atoms with Crippen molar-refractivity contribution in [2.75, 3.05) is 13.2 Å². The smallest absolute Gasteiger partial charge is 0.305 e. The monoisotopic (exact) mass is 1080 g/mol. The van der Waals surface area contributed by atoms with Gasteiger partial charge in [-0.25, -0.2) is 0 Å². The second kappa shape index (κ2) is 66.8. The van der Waals surface area contributed by atoms with Crippen molar-refractivity contribution in [2.24, 2.45) is 0 Å². The highest BCUT2D eigenvalue weighted by Gasteiger charge is 2.18. The molecule has 1 amide bonds. The molecule has 0 aromatic carbocycles. The van der Waals surface area contributed by atoms with Crippen LogP contribution in [0, 0.1) is 0 Å². The van der Waals surface area contributed by atoms with Crippen molar-refractivity contribution in [3.05, 3.63) is 24.3 Å². The summed E-state index contributed by atoms with van der Waals surface area (Å²) in [5.41, 5.74) is 0. The molecule has 456 valence electrons. The molecule has 6 heteroatoms. The van der Waals surface area contributed by atoms with Gasteiger partial charge in [-0.05, 0) is 57.8 Å². The number of unbranched alkanes of at least 4 members (excludes halogenated alkanes) is 53. The molecule has 2 atom stereocenters. The first kappa shape index (κ1) is 75.3. The van der Waals surface area contributed by atoms with E-state index in [-0.39, 0.29) is 18.5 Å². The van der Waals surface area contributed by atoms with Crippen molar-refractivity contribution < 1.29 is 24.5 Å². The normalized spacial score (nSPS) is 12.6.